The lowest BCUT2D eigenvalue weighted by atomic mass is 10.1. The van der Waals surface area contributed by atoms with Crippen LogP contribution in [0, 0.1) is 17.1 Å². The van der Waals surface area contributed by atoms with Gasteiger partial charge in [0.15, 0.2) is 0 Å². The summed E-state index contributed by atoms with van der Waals surface area (Å²) in [5.41, 5.74) is 0.990. The molecule has 0 amide bonds. The summed E-state index contributed by atoms with van der Waals surface area (Å²) >= 11 is 0. The molecule has 1 heterocycles. The molecule has 2 rings (SSSR count). The van der Waals surface area contributed by atoms with Crippen LogP contribution in [0.5, 0.6) is 0 Å². The maximum atomic E-state index is 12.8. The van der Waals surface area contributed by atoms with Crippen molar-refractivity contribution in [3.05, 3.63) is 35.6 Å². The van der Waals surface area contributed by atoms with Gasteiger partial charge in [-0.2, -0.15) is 5.26 Å². The van der Waals surface area contributed by atoms with E-state index in [0.29, 0.717) is 19.6 Å². The van der Waals surface area contributed by atoms with Crippen molar-refractivity contribution in [2.24, 2.45) is 0 Å². The van der Waals surface area contributed by atoms with Crippen LogP contribution in [0.4, 0.5) is 4.39 Å². The number of nitrogens with zero attached hydrogens (tertiary/aromatic N) is 2. The van der Waals surface area contributed by atoms with Gasteiger partial charge in [0.25, 0.3) is 0 Å². The van der Waals surface area contributed by atoms with E-state index in [0.717, 1.165) is 18.7 Å². The number of hydrogen-bond acceptors (Lipinski definition) is 3. The maximum absolute atomic E-state index is 12.8. The van der Waals surface area contributed by atoms with Crippen molar-refractivity contribution >= 4 is 0 Å². The van der Waals surface area contributed by atoms with Gasteiger partial charge in [-0.3, -0.25) is 4.90 Å². The average Bonchev–Trinajstić information content (AvgIpc) is 2.39. The third kappa shape index (κ3) is 3.26. The predicted molar refractivity (Wildman–Crippen MR) is 61.9 cm³/mol. The molecule has 4 heteroatoms. The van der Waals surface area contributed by atoms with Crippen LogP contribution in [0.25, 0.3) is 0 Å². The van der Waals surface area contributed by atoms with Crippen molar-refractivity contribution in [3.8, 4) is 6.07 Å². The molecule has 1 atom stereocenters. The summed E-state index contributed by atoms with van der Waals surface area (Å²) in [5.74, 6) is -0.242. The fourth-order valence-corrected chi connectivity index (χ4v) is 1.99. The van der Waals surface area contributed by atoms with Gasteiger partial charge in [0, 0.05) is 19.5 Å². The SMILES string of the molecule is N#CC(Cc1ccc(F)cc1)N1CCOCC1. The minimum absolute atomic E-state index is 0.149. The monoisotopic (exact) mass is 234 g/mol. The van der Waals surface area contributed by atoms with Crippen LogP contribution in [-0.4, -0.2) is 37.2 Å². The molecule has 1 saturated heterocycles. The lowest BCUT2D eigenvalue weighted by Gasteiger charge is -2.30. The van der Waals surface area contributed by atoms with Crippen LogP contribution in [0.1, 0.15) is 5.56 Å². The first-order valence-electron chi connectivity index (χ1n) is 5.75. The Morgan fingerprint density at radius 1 is 1.29 bits per heavy atom. The van der Waals surface area contributed by atoms with Crippen molar-refractivity contribution < 1.29 is 9.13 Å². The molecule has 0 N–H and O–H groups in total. The minimum atomic E-state index is -0.242. The van der Waals surface area contributed by atoms with Gasteiger partial charge in [0.05, 0.1) is 19.3 Å². The lowest BCUT2D eigenvalue weighted by Crippen LogP contribution is -2.43. The van der Waals surface area contributed by atoms with Gasteiger partial charge in [-0.1, -0.05) is 12.1 Å². The third-order valence-electron chi connectivity index (χ3n) is 2.98. The molecule has 0 saturated carbocycles. The van der Waals surface area contributed by atoms with Crippen molar-refractivity contribution in [1.29, 1.82) is 5.26 Å². The quantitative estimate of drug-likeness (QED) is 0.797. The highest BCUT2D eigenvalue weighted by atomic mass is 19.1. The van der Waals surface area contributed by atoms with Crippen molar-refractivity contribution in [2.75, 3.05) is 26.3 Å². The molecule has 0 bridgehead atoms. The topological polar surface area (TPSA) is 36.3 Å². The summed E-state index contributed by atoms with van der Waals surface area (Å²) in [7, 11) is 0. The predicted octanol–water partition coefficient (Wildman–Crippen LogP) is 1.59. The molecule has 1 aromatic carbocycles. The molecule has 0 spiro atoms. The van der Waals surface area contributed by atoms with Crippen LogP contribution >= 0.6 is 0 Å². The van der Waals surface area contributed by atoms with E-state index in [1.54, 1.807) is 12.1 Å². The Kier molecular flexibility index (Phi) is 4.08. The second-order valence-electron chi connectivity index (χ2n) is 4.12. The fraction of sp³-hybridized carbons (Fsp3) is 0.462. The van der Waals surface area contributed by atoms with Crippen LogP contribution < -0.4 is 0 Å². The zero-order valence-electron chi connectivity index (χ0n) is 9.60. The van der Waals surface area contributed by atoms with E-state index in [1.165, 1.54) is 12.1 Å². The molecule has 17 heavy (non-hydrogen) atoms. The summed E-state index contributed by atoms with van der Waals surface area (Å²) in [4.78, 5) is 2.12. The molecule has 3 nitrogen and oxygen atoms in total. The first kappa shape index (κ1) is 12.0. The standard InChI is InChI=1S/C13H15FN2O/c14-12-3-1-11(2-4-12)9-13(10-15)16-5-7-17-8-6-16/h1-4,13H,5-9H2. The Labute approximate surface area is 100 Å². The highest BCUT2D eigenvalue weighted by Gasteiger charge is 2.20. The maximum Gasteiger partial charge on any atom is 0.123 e. The first-order valence-corrected chi connectivity index (χ1v) is 5.75. The van der Waals surface area contributed by atoms with Crippen LogP contribution in [0.15, 0.2) is 24.3 Å². The molecule has 1 aliphatic heterocycles. The Hall–Kier alpha value is -1.44. The number of hydrogen-bond donors (Lipinski definition) is 0. The number of ether oxygens (including phenoxy) is 1. The van der Waals surface area contributed by atoms with E-state index in [4.69, 9.17) is 4.74 Å². The van der Waals surface area contributed by atoms with Crippen LogP contribution in [0.2, 0.25) is 0 Å². The molecule has 0 radical (unpaired) electrons. The van der Waals surface area contributed by atoms with Crippen molar-refractivity contribution in [2.45, 2.75) is 12.5 Å². The Bertz CT molecular complexity index is 393. The Balaban J connectivity index is 1.99. The Morgan fingerprint density at radius 3 is 2.53 bits per heavy atom. The molecule has 1 aliphatic rings. The van der Waals surface area contributed by atoms with E-state index in [9.17, 15) is 9.65 Å². The summed E-state index contributed by atoms with van der Waals surface area (Å²) < 4.78 is 18.0. The molecule has 0 aliphatic carbocycles. The second kappa shape index (κ2) is 5.76. The summed E-state index contributed by atoms with van der Waals surface area (Å²) in [6.45, 7) is 2.95. The van der Waals surface area contributed by atoms with Gasteiger partial charge < -0.3 is 4.74 Å². The number of halogens is 1. The van der Waals surface area contributed by atoms with Crippen molar-refractivity contribution in [1.82, 2.24) is 4.90 Å². The first-order chi connectivity index (χ1) is 8.29. The molecule has 1 fully saturated rings. The highest BCUT2D eigenvalue weighted by molar-refractivity contribution is 5.19. The van der Waals surface area contributed by atoms with Gasteiger partial charge in [0.2, 0.25) is 0 Å². The number of morpholine rings is 1. The third-order valence-corrected chi connectivity index (χ3v) is 2.98. The van der Waals surface area contributed by atoms with E-state index in [1.807, 2.05) is 0 Å². The lowest BCUT2D eigenvalue weighted by molar-refractivity contribution is 0.0270. The van der Waals surface area contributed by atoms with E-state index < -0.39 is 0 Å². The van der Waals surface area contributed by atoms with Gasteiger partial charge in [-0.15, -0.1) is 0 Å². The summed E-state index contributed by atoms with van der Waals surface area (Å²) in [5, 5.41) is 9.19. The second-order valence-corrected chi connectivity index (χ2v) is 4.12. The van der Waals surface area contributed by atoms with Gasteiger partial charge >= 0.3 is 0 Å². The van der Waals surface area contributed by atoms with E-state index >= 15 is 0 Å². The molecule has 1 unspecified atom stereocenters. The number of nitriles is 1. The fourth-order valence-electron chi connectivity index (χ4n) is 1.99. The Morgan fingerprint density at radius 2 is 1.94 bits per heavy atom. The minimum Gasteiger partial charge on any atom is -0.379 e. The van der Waals surface area contributed by atoms with Gasteiger partial charge in [-0.25, -0.2) is 4.39 Å². The van der Waals surface area contributed by atoms with Crippen molar-refractivity contribution in [3.63, 3.8) is 0 Å². The zero-order valence-corrected chi connectivity index (χ0v) is 9.60. The molecular weight excluding hydrogens is 219 g/mol. The van der Waals surface area contributed by atoms with E-state index in [2.05, 4.69) is 11.0 Å². The smallest absolute Gasteiger partial charge is 0.123 e. The zero-order chi connectivity index (χ0) is 12.1. The molecular formula is C13H15FN2O. The summed E-state index contributed by atoms with van der Waals surface area (Å²) in [6, 6.07) is 8.50. The van der Waals surface area contributed by atoms with Gasteiger partial charge in [0.1, 0.15) is 11.9 Å². The number of benzene rings is 1. The van der Waals surface area contributed by atoms with E-state index in [-0.39, 0.29) is 11.9 Å². The molecule has 90 valence electrons. The normalized spacial score (nSPS) is 18.6. The highest BCUT2D eigenvalue weighted by Crippen LogP contribution is 2.11. The number of rotatable bonds is 3. The van der Waals surface area contributed by atoms with Crippen LogP contribution in [0.3, 0.4) is 0 Å². The van der Waals surface area contributed by atoms with Gasteiger partial charge in [-0.05, 0) is 17.7 Å². The largest absolute Gasteiger partial charge is 0.379 e. The van der Waals surface area contributed by atoms with Crippen LogP contribution in [-0.2, 0) is 11.2 Å². The molecule has 0 aromatic heterocycles. The summed E-state index contributed by atoms with van der Waals surface area (Å²) in [6.07, 6.45) is 0.636. The molecule has 1 aromatic rings. The average molecular weight is 234 g/mol.